The van der Waals surface area contributed by atoms with Gasteiger partial charge in [0.15, 0.2) is 0 Å². The molecule has 0 heterocycles. The zero-order chi connectivity index (χ0) is 13.8. The van der Waals surface area contributed by atoms with Gasteiger partial charge in [0.1, 0.15) is 0 Å². The number of rotatable bonds is 6. The Bertz CT molecular complexity index is 466. The van der Waals surface area contributed by atoms with Crippen LogP contribution in [0.15, 0.2) is 29.2 Å². The molecular weight excluding hydrogens is 248 g/mol. The normalized spacial score (nSPS) is 13.6. The number of sulfonamides is 1. The van der Waals surface area contributed by atoms with Crippen LogP contribution < -0.4 is 10.0 Å². The summed E-state index contributed by atoms with van der Waals surface area (Å²) in [5.74, 6) is 0.279. The highest BCUT2D eigenvalue weighted by Crippen LogP contribution is 2.16. The molecular formula is C13H22N2O2S. The predicted octanol–water partition coefficient (Wildman–Crippen LogP) is 2.44. The van der Waals surface area contributed by atoms with E-state index in [1.54, 1.807) is 31.3 Å². The third kappa shape index (κ3) is 3.71. The van der Waals surface area contributed by atoms with Crippen LogP contribution in [-0.4, -0.2) is 21.5 Å². The summed E-state index contributed by atoms with van der Waals surface area (Å²) in [7, 11) is -1.62. The van der Waals surface area contributed by atoms with Crippen molar-refractivity contribution in [3.05, 3.63) is 24.3 Å². The lowest BCUT2D eigenvalue weighted by molar-refractivity contribution is 0.437. The lowest BCUT2D eigenvalue weighted by Gasteiger charge is -2.20. The minimum Gasteiger partial charge on any atom is -0.388 e. The van der Waals surface area contributed by atoms with Crippen molar-refractivity contribution in [1.82, 2.24) is 4.72 Å². The van der Waals surface area contributed by atoms with Gasteiger partial charge in [0.25, 0.3) is 0 Å². The van der Waals surface area contributed by atoms with Gasteiger partial charge in [-0.2, -0.15) is 0 Å². The molecule has 18 heavy (non-hydrogen) atoms. The Morgan fingerprint density at radius 2 is 1.72 bits per heavy atom. The van der Waals surface area contributed by atoms with Crippen molar-refractivity contribution in [2.24, 2.45) is 5.92 Å². The first-order chi connectivity index (χ1) is 8.40. The van der Waals surface area contributed by atoms with Crippen LogP contribution in [0.3, 0.4) is 0 Å². The van der Waals surface area contributed by atoms with Crippen molar-refractivity contribution in [2.45, 2.75) is 38.1 Å². The van der Waals surface area contributed by atoms with Gasteiger partial charge in [0.05, 0.1) is 4.90 Å². The van der Waals surface area contributed by atoms with E-state index in [2.05, 4.69) is 10.0 Å². The number of anilines is 1. The summed E-state index contributed by atoms with van der Waals surface area (Å²) in [4.78, 5) is 0.306. The van der Waals surface area contributed by atoms with E-state index in [0.29, 0.717) is 4.90 Å². The van der Waals surface area contributed by atoms with Gasteiger partial charge >= 0.3 is 0 Å². The Hall–Kier alpha value is -1.07. The molecule has 1 rings (SSSR count). The van der Waals surface area contributed by atoms with Crippen molar-refractivity contribution in [3.63, 3.8) is 0 Å². The lowest BCUT2D eigenvalue weighted by Crippen LogP contribution is -2.37. The molecule has 0 spiro atoms. The second-order valence-electron chi connectivity index (χ2n) is 4.65. The summed E-state index contributed by atoms with van der Waals surface area (Å²) in [6.45, 7) is 6.01. The maximum atomic E-state index is 12.2. The van der Waals surface area contributed by atoms with E-state index in [4.69, 9.17) is 0 Å². The second-order valence-corrected chi connectivity index (χ2v) is 6.37. The van der Waals surface area contributed by atoms with Gasteiger partial charge in [-0.15, -0.1) is 0 Å². The fourth-order valence-electron chi connectivity index (χ4n) is 1.76. The monoisotopic (exact) mass is 270 g/mol. The first-order valence-corrected chi connectivity index (χ1v) is 7.69. The first kappa shape index (κ1) is 15.0. The van der Waals surface area contributed by atoms with Crippen molar-refractivity contribution in [2.75, 3.05) is 12.4 Å². The highest BCUT2D eigenvalue weighted by atomic mass is 32.2. The van der Waals surface area contributed by atoms with Crippen molar-refractivity contribution < 1.29 is 8.42 Å². The molecule has 4 nitrogen and oxygen atoms in total. The van der Waals surface area contributed by atoms with Crippen molar-refractivity contribution >= 4 is 15.7 Å². The average molecular weight is 270 g/mol. The fraction of sp³-hybridized carbons (Fsp3) is 0.538. The van der Waals surface area contributed by atoms with Gasteiger partial charge < -0.3 is 5.32 Å². The minimum atomic E-state index is -3.42. The van der Waals surface area contributed by atoms with Gasteiger partial charge in [0, 0.05) is 18.8 Å². The Morgan fingerprint density at radius 3 is 2.11 bits per heavy atom. The van der Waals surface area contributed by atoms with Crippen molar-refractivity contribution in [3.8, 4) is 0 Å². The summed E-state index contributed by atoms with van der Waals surface area (Å²) in [6.07, 6.45) is 0.783. The average Bonchev–Trinajstić information content (AvgIpc) is 2.35. The molecule has 0 radical (unpaired) electrons. The highest BCUT2D eigenvalue weighted by Gasteiger charge is 2.20. The predicted molar refractivity (Wildman–Crippen MR) is 75.2 cm³/mol. The van der Waals surface area contributed by atoms with E-state index < -0.39 is 10.0 Å². The van der Waals surface area contributed by atoms with E-state index in [1.165, 1.54) is 0 Å². The van der Waals surface area contributed by atoms with E-state index >= 15 is 0 Å². The summed E-state index contributed by atoms with van der Waals surface area (Å²) in [5.41, 5.74) is 0.893. The summed E-state index contributed by atoms with van der Waals surface area (Å²) in [6, 6.07) is 6.71. The minimum absolute atomic E-state index is 0.0287. The zero-order valence-corrected chi connectivity index (χ0v) is 12.2. The third-order valence-corrected chi connectivity index (χ3v) is 4.51. The molecule has 0 aliphatic carbocycles. The summed E-state index contributed by atoms with van der Waals surface area (Å²) < 4.78 is 27.1. The smallest absolute Gasteiger partial charge is 0.240 e. The van der Waals surface area contributed by atoms with Gasteiger partial charge in [-0.25, -0.2) is 13.1 Å². The van der Waals surface area contributed by atoms with Crippen LogP contribution in [-0.2, 0) is 10.0 Å². The standard InChI is InChI=1S/C13H22N2O2S/c1-5-13(10(2)3)15-18(16,17)12-8-6-11(14-4)7-9-12/h6-10,13-15H,5H2,1-4H3. The first-order valence-electron chi connectivity index (χ1n) is 6.21. The molecule has 1 atom stereocenters. The topological polar surface area (TPSA) is 58.2 Å². The van der Waals surface area contributed by atoms with Gasteiger partial charge in [0.2, 0.25) is 10.0 Å². The molecule has 1 aromatic carbocycles. The van der Waals surface area contributed by atoms with Crippen LogP contribution in [0.2, 0.25) is 0 Å². The molecule has 5 heteroatoms. The van der Waals surface area contributed by atoms with E-state index in [-0.39, 0.29) is 12.0 Å². The molecule has 0 bridgehead atoms. The Balaban J connectivity index is 2.91. The molecule has 1 aromatic rings. The van der Waals surface area contributed by atoms with E-state index in [1.807, 2.05) is 20.8 Å². The van der Waals surface area contributed by atoms with Gasteiger partial charge in [-0.3, -0.25) is 0 Å². The number of hydrogen-bond donors (Lipinski definition) is 2. The molecule has 0 saturated carbocycles. The van der Waals surface area contributed by atoms with E-state index in [0.717, 1.165) is 12.1 Å². The maximum Gasteiger partial charge on any atom is 0.240 e. The number of benzene rings is 1. The molecule has 0 amide bonds. The third-order valence-electron chi connectivity index (χ3n) is 3.00. The summed E-state index contributed by atoms with van der Waals surface area (Å²) >= 11 is 0. The molecule has 0 saturated heterocycles. The fourth-order valence-corrected chi connectivity index (χ4v) is 3.23. The van der Waals surface area contributed by atoms with Gasteiger partial charge in [-0.1, -0.05) is 20.8 Å². The highest BCUT2D eigenvalue weighted by molar-refractivity contribution is 7.89. The van der Waals surface area contributed by atoms with Gasteiger partial charge in [-0.05, 0) is 36.6 Å². The SMILES string of the molecule is CCC(NS(=O)(=O)c1ccc(NC)cc1)C(C)C. The van der Waals surface area contributed by atoms with Crippen LogP contribution in [0, 0.1) is 5.92 Å². The quantitative estimate of drug-likeness (QED) is 0.834. The Labute approximate surface area is 110 Å². The molecule has 0 aliphatic rings. The van der Waals surface area contributed by atoms with Crippen molar-refractivity contribution in [1.29, 1.82) is 0 Å². The molecule has 0 aliphatic heterocycles. The molecule has 102 valence electrons. The Morgan fingerprint density at radius 1 is 1.17 bits per heavy atom. The number of nitrogens with one attached hydrogen (secondary N) is 2. The summed E-state index contributed by atoms with van der Waals surface area (Å²) in [5, 5.41) is 2.96. The maximum absolute atomic E-state index is 12.2. The molecule has 0 aromatic heterocycles. The van der Waals surface area contributed by atoms with Crippen LogP contribution in [0.1, 0.15) is 27.2 Å². The van der Waals surface area contributed by atoms with Crippen LogP contribution in [0.4, 0.5) is 5.69 Å². The largest absolute Gasteiger partial charge is 0.388 e. The van der Waals surface area contributed by atoms with Crippen LogP contribution in [0.5, 0.6) is 0 Å². The zero-order valence-electron chi connectivity index (χ0n) is 11.4. The lowest BCUT2D eigenvalue weighted by atomic mass is 10.0. The Kier molecular flexibility index (Phi) is 5.16. The number of hydrogen-bond acceptors (Lipinski definition) is 3. The van der Waals surface area contributed by atoms with Crippen LogP contribution in [0.25, 0.3) is 0 Å². The van der Waals surface area contributed by atoms with Crippen LogP contribution >= 0.6 is 0 Å². The van der Waals surface area contributed by atoms with E-state index in [9.17, 15) is 8.42 Å². The molecule has 0 fully saturated rings. The molecule has 1 unspecified atom stereocenters. The molecule has 2 N–H and O–H groups in total. The second kappa shape index (κ2) is 6.20.